The Kier molecular flexibility index (Phi) is 5.53. The van der Waals surface area contributed by atoms with E-state index in [9.17, 15) is 14.0 Å². The number of hydrogen-bond donors (Lipinski definition) is 1. The first-order chi connectivity index (χ1) is 14.5. The van der Waals surface area contributed by atoms with Crippen LogP contribution in [-0.2, 0) is 11.3 Å². The molecule has 4 rings (SSSR count). The summed E-state index contributed by atoms with van der Waals surface area (Å²) in [5.74, 6) is -0.996. The van der Waals surface area contributed by atoms with Crippen LogP contribution in [0, 0.1) is 12.7 Å². The standard InChI is InChI=1S/C21H17FN4O3S/c1-13-5-4-6-14(9-13)20-25-26-19(28)10-15(24-21(26)30-20)11-23-18(27)12-29-17-8-3-2-7-16(17)22/h2-10H,11-12H2,1H3,(H,23,27). The summed E-state index contributed by atoms with van der Waals surface area (Å²) in [7, 11) is 0. The van der Waals surface area contributed by atoms with Crippen LogP contribution in [0.1, 0.15) is 11.3 Å². The van der Waals surface area contributed by atoms with Crippen molar-refractivity contribution < 1.29 is 13.9 Å². The van der Waals surface area contributed by atoms with Crippen molar-refractivity contribution in [2.45, 2.75) is 13.5 Å². The summed E-state index contributed by atoms with van der Waals surface area (Å²) >= 11 is 1.29. The van der Waals surface area contributed by atoms with Crippen LogP contribution in [-0.4, -0.2) is 27.1 Å². The Morgan fingerprint density at radius 1 is 1.20 bits per heavy atom. The van der Waals surface area contributed by atoms with Crippen molar-refractivity contribution in [2.24, 2.45) is 0 Å². The fourth-order valence-corrected chi connectivity index (χ4v) is 3.71. The van der Waals surface area contributed by atoms with Crippen LogP contribution in [0.3, 0.4) is 0 Å². The van der Waals surface area contributed by atoms with Crippen molar-refractivity contribution in [3.8, 4) is 16.3 Å². The number of halogens is 1. The Hall–Kier alpha value is -3.59. The maximum Gasteiger partial charge on any atom is 0.275 e. The summed E-state index contributed by atoms with van der Waals surface area (Å²) in [5.41, 5.74) is 2.07. The molecule has 9 heteroatoms. The lowest BCUT2D eigenvalue weighted by atomic mass is 10.1. The minimum absolute atomic E-state index is 0.00113. The van der Waals surface area contributed by atoms with Gasteiger partial charge in [-0.25, -0.2) is 9.37 Å². The molecule has 30 heavy (non-hydrogen) atoms. The monoisotopic (exact) mass is 424 g/mol. The van der Waals surface area contributed by atoms with Gasteiger partial charge in [-0.3, -0.25) is 9.59 Å². The van der Waals surface area contributed by atoms with Gasteiger partial charge in [-0.1, -0.05) is 47.2 Å². The quantitative estimate of drug-likeness (QED) is 0.514. The molecule has 2 heterocycles. The highest BCUT2D eigenvalue weighted by Gasteiger charge is 2.12. The van der Waals surface area contributed by atoms with Crippen LogP contribution in [0.4, 0.5) is 4.39 Å². The maximum absolute atomic E-state index is 13.5. The van der Waals surface area contributed by atoms with Crippen LogP contribution >= 0.6 is 11.3 Å². The smallest absolute Gasteiger partial charge is 0.275 e. The van der Waals surface area contributed by atoms with E-state index in [-0.39, 0.29) is 24.5 Å². The Balaban J connectivity index is 1.45. The van der Waals surface area contributed by atoms with Gasteiger partial charge >= 0.3 is 0 Å². The Bertz CT molecular complexity index is 1280. The van der Waals surface area contributed by atoms with Crippen LogP contribution < -0.4 is 15.6 Å². The van der Waals surface area contributed by atoms with Crippen molar-refractivity contribution in [1.29, 1.82) is 0 Å². The molecule has 0 atom stereocenters. The molecule has 1 amide bonds. The van der Waals surface area contributed by atoms with Gasteiger partial charge in [0.05, 0.1) is 12.2 Å². The van der Waals surface area contributed by atoms with Crippen molar-refractivity contribution in [2.75, 3.05) is 6.61 Å². The van der Waals surface area contributed by atoms with Gasteiger partial charge in [0.2, 0.25) is 4.96 Å². The van der Waals surface area contributed by atoms with Gasteiger partial charge < -0.3 is 10.1 Å². The van der Waals surface area contributed by atoms with Crippen LogP contribution in [0.25, 0.3) is 15.5 Å². The Labute approximate surface area is 174 Å². The number of carbonyl (C=O) groups excluding carboxylic acids is 1. The summed E-state index contributed by atoms with van der Waals surface area (Å²) in [6, 6.07) is 15.0. The molecule has 0 aliphatic heterocycles. The molecule has 1 N–H and O–H groups in total. The van der Waals surface area contributed by atoms with Gasteiger partial charge in [-0.15, -0.1) is 0 Å². The Morgan fingerprint density at radius 3 is 2.83 bits per heavy atom. The lowest BCUT2D eigenvalue weighted by Gasteiger charge is -2.07. The van der Waals surface area contributed by atoms with Gasteiger partial charge in [0.25, 0.3) is 11.5 Å². The van der Waals surface area contributed by atoms with E-state index in [1.165, 1.54) is 40.1 Å². The molecule has 2 aromatic carbocycles. The topological polar surface area (TPSA) is 85.6 Å². The van der Waals surface area contributed by atoms with E-state index in [4.69, 9.17) is 4.74 Å². The molecule has 0 aliphatic carbocycles. The van der Waals surface area contributed by atoms with E-state index < -0.39 is 11.7 Å². The third-order valence-electron chi connectivity index (χ3n) is 4.23. The predicted molar refractivity (Wildman–Crippen MR) is 111 cm³/mol. The number of aryl methyl sites for hydroxylation is 1. The highest BCUT2D eigenvalue weighted by Crippen LogP contribution is 2.24. The second-order valence-corrected chi connectivity index (χ2v) is 7.51. The number of ether oxygens (including phenoxy) is 1. The summed E-state index contributed by atoms with van der Waals surface area (Å²) in [5, 5.41) is 7.65. The first-order valence-corrected chi connectivity index (χ1v) is 9.92. The largest absolute Gasteiger partial charge is 0.481 e. The number of hydrogen-bond acceptors (Lipinski definition) is 6. The van der Waals surface area contributed by atoms with Gasteiger partial charge in [-0.05, 0) is 25.1 Å². The molecular formula is C21H17FN4O3S. The molecule has 0 saturated carbocycles. The second-order valence-electron chi connectivity index (χ2n) is 6.55. The average Bonchev–Trinajstić information content (AvgIpc) is 3.17. The number of amides is 1. The summed E-state index contributed by atoms with van der Waals surface area (Å²) in [6.07, 6.45) is 0. The molecule has 0 bridgehead atoms. The minimum atomic E-state index is -0.542. The van der Waals surface area contributed by atoms with Gasteiger partial charge in [0.1, 0.15) is 5.01 Å². The molecule has 0 aliphatic rings. The number of aromatic nitrogens is 3. The summed E-state index contributed by atoms with van der Waals surface area (Å²) in [6.45, 7) is 1.68. The number of rotatable bonds is 6. The number of para-hydroxylation sites is 1. The minimum Gasteiger partial charge on any atom is -0.481 e. The zero-order valence-corrected chi connectivity index (χ0v) is 16.8. The van der Waals surface area contributed by atoms with Crippen molar-refractivity contribution in [1.82, 2.24) is 19.9 Å². The van der Waals surface area contributed by atoms with E-state index in [1.54, 1.807) is 6.07 Å². The molecule has 0 spiro atoms. The number of carbonyl (C=O) groups is 1. The highest BCUT2D eigenvalue weighted by molar-refractivity contribution is 7.19. The second kappa shape index (κ2) is 8.42. The normalized spacial score (nSPS) is 10.9. The predicted octanol–water partition coefficient (Wildman–Crippen LogP) is 2.96. The zero-order chi connectivity index (χ0) is 21.1. The van der Waals surface area contributed by atoms with Crippen LogP contribution in [0.15, 0.2) is 59.4 Å². The number of nitrogens with zero attached hydrogens (tertiary/aromatic N) is 3. The van der Waals surface area contributed by atoms with E-state index >= 15 is 0 Å². The molecule has 0 saturated heterocycles. The average molecular weight is 424 g/mol. The highest BCUT2D eigenvalue weighted by atomic mass is 32.1. The van der Waals surface area contributed by atoms with E-state index in [0.29, 0.717) is 15.7 Å². The molecule has 0 unspecified atom stereocenters. The fourth-order valence-electron chi connectivity index (χ4n) is 2.79. The molecule has 0 fully saturated rings. The molecular weight excluding hydrogens is 407 g/mol. The molecule has 4 aromatic rings. The van der Waals surface area contributed by atoms with Crippen LogP contribution in [0.5, 0.6) is 5.75 Å². The lowest BCUT2D eigenvalue weighted by molar-refractivity contribution is -0.123. The molecule has 7 nitrogen and oxygen atoms in total. The van der Waals surface area contributed by atoms with Gasteiger partial charge in [0.15, 0.2) is 18.2 Å². The SMILES string of the molecule is Cc1cccc(-c2nn3c(=O)cc(CNC(=O)COc4ccccc4F)nc3s2)c1. The van der Waals surface area contributed by atoms with E-state index in [2.05, 4.69) is 15.4 Å². The van der Waals surface area contributed by atoms with E-state index in [1.807, 2.05) is 31.2 Å². The molecule has 0 radical (unpaired) electrons. The maximum atomic E-state index is 13.5. The zero-order valence-electron chi connectivity index (χ0n) is 16.0. The van der Waals surface area contributed by atoms with Crippen molar-refractivity contribution >= 4 is 22.2 Å². The summed E-state index contributed by atoms with van der Waals surface area (Å²) < 4.78 is 19.9. The van der Waals surface area contributed by atoms with Gasteiger partial charge in [0, 0.05) is 11.6 Å². The number of fused-ring (bicyclic) bond motifs is 1. The van der Waals surface area contributed by atoms with Crippen molar-refractivity contribution in [3.05, 3.63) is 82.0 Å². The molecule has 2 aromatic heterocycles. The van der Waals surface area contributed by atoms with Crippen molar-refractivity contribution in [3.63, 3.8) is 0 Å². The Morgan fingerprint density at radius 2 is 2.03 bits per heavy atom. The number of nitrogens with one attached hydrogen (secondary N) is 1. The van der Waals surface area contributed by atoms with E-state index in [0.717, 1.165) is 11.1 Å². The first kappa shape index (κ1) is 19.7. The fraction of sp³-hybridized carbons (Fsp3) is 0.143. The van der Waals surface area contributed by atoms with Gasteiger partial charge in [-0.2, -0.15) is 9.61 Å². The number of benzene rings is 2. The molecule has 152 valence electrons. The van der Waals surface area contributed by atoms with Crippen LogP contribution in [0.2, 0.25) is 0 Å². The lowest BCUT2D eigenvalue weighted by Crippen LogP contribution is -2.29. The first-order valence-electron chi connectivity index (χ1n) is 9.10. The third-order valence-corrected chi connectivity index (χ3v) is 5.18. The third kappa shape index (κ3) is 4.36. The summed E-state index contributed by atoms with van der Waals surface area (Å²) in [4.78, 5) is 29.2.